The Bertz CT molecular complexity index is 151. The summed E-state index contributed by atoms with van der Waals surface area (Å²) >= 11 is -0.750. The van der Waals surface area contributed by atoms with Gasteiger partial charge in [-0.1, -0.05) is 0 Å². The molecule has 0 unspecified atom stereocenters. The van der Waals surface area contributed by atoms with E-state index in [-0.39, 0.29) is 29.6 Å². The Morgan fingerprint density at radius 3 is 1.11 bits per heavy atom. The number of hydrogen-bond acceptors (Lipinski definition) is 4. The van der Waals surface area contributed by atoms with E-state index < -0.39 is 22.0 Å². The van der Waals surface area contributed by atoms with Crippen LogP contribution in [-0.2, 0) is 22.0 Å². The van der Waals surface area contributed by atoms with E-state index in [1.54, 1.807) is 0 Å². The molecular weight excluding hydrogens is 183 g/mol. The molecule has 0 spiro atoms. The molecule has 0 saturated carbocycles. The van der Waals surface area contributed by atoms with E-state index in [0.29, 0.717) is 0 Å². The van der Waals surface area contributed by atoms with Crippen LogP contribution in [0.4, 0.5) is 0 Å². The summed E-state index contributed by atoms with van der Waals surface area (Å²) in [7, 11) is -4.67. The van der Waals surface area contributed by atoms with Crippen molar-refractivity contribution in [3.8, 4) is 0 Å². The molecule has 0 aliphatic rings. The minimum absolute atomic E-state index is 0. The molecule has 0 fully saturated rings. The average Bonchev–Trinajstić information content (AvgIpc) is 1.27. The second kappa shape index (κ2) is 8.69. The molecule has 0 aromatic rings. The monoisotopic (exact) mass is 186 g/mol. The number of rotatable bonds is 0. The maximum atomic E-state index is 8.74. The zero-order valence-electron chi connectivity index (χ0n) is 3.34. The van der Waals surface area contributed by atoms with Crippen LogP contribution in [0.15, 0.2) is 0 Å². The van der Waals surface area contributed by atoms with Crippen molar-refractivity contribution in [3.63, 3.8) is 0 Å². The fourth-order valence-corrected chi connectivity index (χ4v) is 0. The van der Waals surface area contributed by atoms with E-state index in [9.17, 15) is 0 Å². The van der Waals surface area contributed by atoms with Gasteiger partial charge in [0, 0.05) is 0 Å². The molecule has 0 atom stereocenters. The molecule has 0 aliphatic carbocycles. The summed E-state index contributed by atoms with van der Waals surface area (Å²) in [6, 6.07) is 0. The van der Waals surface area contributed by atoms with Crippen LogP contribution in [0.3, 0.4) is 0 Å². The van der Waals surface area contributed by atoms with E-state index in [1.807, 2.05) is 0 Å². The van der Waals surface area contributed by atoms with E-state index in [4.69, 9.17) is 25.9 Å². The summed E-state index contributed by atoms with van der Waals surface area (Å²) in [6.07, 6.45) is 0. The predicted octanol–water partition coefficient (Wildman–Crippen LogP) is -1.97. The molecule has 6 nitrogen and oxygen atoms in total. The third kappa shape index (κ3) is 817. The summed E-state index contributed by atoms with van der Waals surface area (Å²) < 4.78 is 48.2. The van der Waals surface area contributed by atoms with Crippen LogP contribution in [0, 0.1) is 0 Å². The summed E-state index contributed by atoms with van der Waals surface area (Å²) in [4.78, 5) is 0. The zero-order valence-corrected chi connectivity index (χ0v) is 4.98. The molecule has 0 bridgehead atoms. The van der Waals surface area contributed by atoms with Crippen LogP contribution in [0.25, 0.3) is 0 Å². The second-order valence-corrected chi connectivity index (χ2v) is 1.55. The quantitative estimate of drug-likeness (QED) is 0.335. The van der Waals surface area contributed by atoms with Crippen LogP contribution < -0.4 is 0 Å². The Kier molecular flexibility index (Phi) is 15.8. The fraction of sp³-hybridized carbons (Fsp3) is 0. The molecule has 0 aliphatic heterocycles. The van der Waals surface area contributed by atoms with Crippen molar-refractivity contribution >= 4 is 51.5 Å². The van der Waals surface area contributed by atoms with Gasteiger partial charge in [0.25, 0.3) is 0 Å². The molecule has 52 valence electrons. The van der Waals surface area contributed by atoms with E-state index >= 15 is 0 Å². The van der Waals surface area contributed by atoms with E-state index in [1.165, 1.54) is 0 Å². The minimum atomic E-state index is -4.67. The Hall–Kier alpha value is 0.690. The SMILES string of the molecule is O=S(=O)(O)O.O=S=O.[NaH]. The van der Waals surface area contributed by atoms with Gasteiger partial charge in [0.1, 0.15) is 0 Å². The van der Waals surface area contributed by atoms with Gasteiger partial charge in [-0.25, -0.2) is 0 Å². The van der Waals surface area contributed by atoms with Crippen molar-refractivity contribution in [1.82, 2.24) is 0 Å². The fourth-order valence-electron chi connectivity index (χ4n) is 0. The molecule has 0 saturated heterocycles. The van der Waals surface area contributed by atoms with Crippen molar-refractivity contribution in [1.29, 1.82) is 0 Å². The van der Waals surface area contributed by atoms with Crippen molar-refractivity contribution in [3.05, 3.63) is 0 Å². The predicted molar refractivity (Wildman–Crippen MR) is 30.2 cm³/mol. The Labute approximate surface area is 77.1 Å². The molecule has 2 N–H and O–H groups in total. The van der Waals surface area contributed by atoms with E-state index in [2.05, 4.69) is 0 Å². The first kappa shape index (κ1) is 16.3. The standard InChI is InChI=1S/Na.H2O4S.O2S.H/c;1-5(2,3)4;1-3-2;/h;(H2,1,2,3,4);;. The van der Waals surface area contributed by atoms with Gasteiger partial charge in [-0.2, -0.15) is 16.8 Å². The van der Waals surface area contributed by atoms with Crippen LogP contribution in [0.1, 0.15) is 0 Å². The number of hydrogen-bond donors (Lipinski definition) is 2. The summed E-state index contributed by atoms with van der Waals surface area (Å²) in [5.74, 6) is 0. The summed E-state index contributed by atoms with van der Waals surface area (Å²) in [5.41, 5.74) is 0. The molecular formula is H3NaO6S2. The van der Waals surface area contributed by atoms with Gasteiger partial charge >= 0.3 is 51.5 Å². The molecule has 0 aromatic carbocycles. The third-order valence-corrected chi connectivity index (χ3v) is 0. The molecule has 9 heavy (non-hydrogen) atoms. The van der Waals surface area contributed by atoms with Crippen molar-refractivity contribution in [2.45, 2.75) is 0 Å². The van der Waals surface area contributed by atoms with E-state index in [0.717, 1.165) is 0 Å². The second-order valence-electron chi connectivity index (χ2n) is 0.516. The van der Waals surface area contributed by atoms with Gasteiger partial charge in [0.15, 0.2) is 0 Å². The van der Waals surface area contributed by atoms with Crippen molar-refractivity contribution in [2.75, 3.05) is 0 Å². The first-order chi connectivity index (χ1) is 3.41. The Balaban J connectivity index is -0.0000000800. The van der Waals surface area contributed by atoms with Crippen molar-refractivity contribution < 1.29 is 25.9 Å². The zero-order chi connectivity index (χ0) is 7.21. The first-order valence-corrected chi connectivity index (χ1v) is 3.10. The molecule has 0 aromatic heterocycles. The van der Waals surface area contributed by atoms with Gasteiger partial charge in [-0.05, 0) is 0 Å². The summed E-state index contributed by atoms with van der Waals surface area (Å²) in [5, 5.41) is 0. The maximum absolute atomic E-state index is 8.74. The van der Waals surface area contributed by atoms with Crippen LogP contribution >= 0.6 is 0 Å². The molecule has 0 heterocycles. The third-order valence-electron chi connectivity index (χ3n) is 0. The first-order valence-electron chi connectivity index (χ1n) is 1.03. The Morgan fingerprint density at radius 1 is 1.11 bits per heavy atom. The summed E-state index contributed by atoms with van der Waals surface area (Å²) in [6.45, 7) is 0. The van der Waals surface area contributed by atoms with Crippen LogP contribution in [0.2, 0.25) is 0 Å². The molecule has 0 rings (SSSR count). The van der Waals surface area contributed by atoms with Gasteiger partial charge in [0.2, 0.25) is 0 Å². The normalized spacial score (nSPS) is 7.78. The average molecular weight is 186 g/mol. The molecule has 9 heteroatoms. The van der Waals surface area contributed by atoms with Gasteiger partial charge in [0.05, 0.1) is 0 Å². The van der Waals surface area contributed by atoms with Crippen LogP contribution in [0.5, 0.6) is 0 Å². The Morgan fingerprint density at radius 2 is 1.11 bits per heavy atom. The van der Waals surface area contributed by atoms with Gasteiger partial charge < -0.3 is 0 Å². The van der Waals surface area contributed by atoms with Crippen molar-refractivity contribution in [2.24, 2.45) is 0 Å². The molecule has 0 amide bonds. The topological polar surface area (TPSA) is 109 Å². The van der Waals surface area contributed by atoms with Gasteiger partial charge in [-0.15, -0.1) is 0 Å². The van der Waals surface area contributed by atoms with Gasteiger partial charge in [-0.3, -0.25) is 9.11 Å². The van der Waals surface area contributed by atoms with Crippen LogP contribution in [-0.4, -0.2) is 55.5 Å². The molecule has 0 radical (unpaired) electrons.